The molecular weight excluding hydrogens is 136 g/mol. The average molecular weight is 154 g/mol. The number of fused-ring (bicyclic) bond motifs is 1. The highest BCUT2D eigenvalue weighted by Gasteiger charge is 2.32. The Bertz CT molecular complexity index is 122. The molecule has 0 saturated carbocycles. The Morgan fingerprint density at radius 1 is 1.36 bits per heavy atom. The van der Waals surface area contributed by atoms with Crippen molar-refractivity contribution in [2.24, 2.45) is 11.7 Å². The van der Waals surface area contributed by atoms with Crippen molar-refractivity contribution in [3.63, 3.8) is 0 Å². The lowest BCUT2D eigenvalue weighted by Gasteiger charge is -2.28. The molecule has 0 unspecified atom stereocenters. The second-order valence-corrected chi connectivity index (χ2v) is 3.98. The Morgan fingerprint density at radius 3 is 3.00 bits per heavy atom. The van der Waals surface area contributed by atoms with Crippen molar-refractivity contribution in [1.82, 2.24) is 4.90 Å². The van der Waals surface area contributed by atoms with E-state index in [0.29, 0.717) is 0 Å². The van der Waals surface area contributed by atoms with Gasteiger partial charge in [-0.05, 0) is 38.3 Å². The van der Waals surface area contributed by atoms with Crippen molar-refractivity contribution >= 4 is 0 Å². The zero-order chi connectivity index (χ0) is 7.68. The van der Waals surface area contributed by atoms with Crippen LogP contribution in [0.15, 0.2) is 0 Å². The first-order valence-electron chi connectivity index (χ1n) is 4.84. The highest BCUT2D eigenvalue weighted by atomic mass is 15.2. The minimum absolute atomic E-state index is 0.804. The smallest absolute Gasteiger partial charge is 0.00989 e. The Balaban J connectivity index is 1.92. The van der Waals surface area contributed by atoms with Gasteiger partial charge in [0.1, 0.15) is 0 Å². The molecule has 0 spiro atoms. The van der Waals surface area contributed by atoms with Crippen LogP contribution in [0.1, 0.15) is 25.7 Å². The summed E-state index contributed by atoms with van der Waals surface area (Å²) in [5.74, 6) is 0.804. The third-order valence-electron chi connectivity index (χ3n) is 3.18. The van der Waals surface area contributed by atoms with Gasteiger partial charge in [-0.3, -0.25) is 0 Å². The molecule has 11 heavy (non-hydrogen) atoms. The third-order valence-corrected chi connectivity index (χ3v) is 3.18. The van der Waals surface area contributed by atoms with Crippen molar-refractivity contribution in [3.8, 4) is 0 Å². The Labute approximate surface area is 68.7 Å². The third kappa shape index (κ3) is 1.42. The van der Waals surface area contributed by atoms with Crippen molar-refractivity contribution in [3.05, 3.63) is 0 Å². The molecule has 2 aliphatic rings. The Hall–Kier alpha value is -0.0800. The number of nitrogens with two attached hydrogens (primary N) is 1. The normalized spacial score (nSPS) is 39.0. The summed E-state index contributed by atoms with van der Waals surface area (Å²) in [5.41, 5.74) is 5.66. The molecule has 2 atom stereocenters. The second-order valence-electron chi connectivity index (χ2n) is 3.98. The quantitative estimate of drug-likeness (QED) is 0.606. The molecule has 2 saturated heterocycles. The van der Waals surface area contributed by atoms with Gasteiger partial charge in [-0.15, -0.1) is 0 Å². The van der Waals surface area contributed by atoms with E-state index in [2.05, 4.69) is 4.90 Å². The highest BCUT2D eigenvalue weighted by Crippen LogP contribution is 2.29. The van der Waals surface area contributed by atoms with E-state index < -0.39 is 0 Å². The summed E-state index contributed by atoms with van der Waals surface area (Å²) in [4.78, 5) is 2.64. The summed E-state index contributed by atoms with van der Waals surface area (Å²) in [5, 5.41) is 0. The molecule has 2 nitrogen and oxygen atoms in total. The van der Waals surface area contributed by atoms with Crippen LogP contribution in [0.3, 0.4) is 0 Å². The van der Waals surface area contributed by atoms with E-state index in [0.717, 1.165) is 18.5 Å². The van der Waals surface area contributed by atoms with E-state index in [9.17, 15) is 0 Å². The summed E-state index contributed by atoms with van der Waals surface area (Å²) in [6.45, 7) is 3.51. The maximum atomic E-state index is 5.66. The van der Waals surface area contributed by atoms with E-state index in [1.165, 1.54) is 38.8 Å². The van der Waals surface area contributed by atoms with Crippen LogP contribution in [-0.2, 0) is 0 Å². The molecule has 0 aliphatic carbocycles. The summed E-state index contributed by atoms with van der Waals surface area (Å²) in [6.07, 6.45) is 5.65. The monoisotopic (exact) mass is 154 g/mol. The van der Waals surface area contributed by atoms with Crippen LogP contribution in [0.2, 0.25) is 0 Å². The molecule has 2 fully saturated rings. The van der Waals surface area contributed by atoms with Gasteiger partial charge in [0, 0.05) is 12.6 Å². The van der Waals surface area contributed by atoms with Crippen molar-refractivity contribution in [1.29, 1.82) is 0 Å². The molecule has 0 bridgehead atoms. The van der Waals surface area contributed by atoms with Crippen molar-refractivity contribution < 1.29 is 0 Å². The fraction of sp³-hybridized carbons (Fsp3) is 1.00. The molecule has 2 aliphatic heterocycles. The van der Waals surface area contributed by atoms with Gasteiger partial charge >= 0.3 is 0 Å². The van der Waals surface area contributed by atoms with E-state index in [-0.39, 0.29) is 0 Å². The van der Waals surface area contributed by atoms with E-state index in [1.807, 2.05) is 0 Å². The SMILES string of the molecule is NC[C@@H]1C[C@H]2CCCCN2C1. The summed E-state index contributed by atoms with van der Waals surface area (Å²) in [7, 11) is 0. The summed E-state index contributed by atoms with van der Waals surface area (Å²) < 4.78 is 0. The minimum atomic E-state index is 0.804. The second kappa shape index (κ2) is 3.11. The van der Waals surface area contributed by atoms with Crippen LogP contribution >= 0.6 is 0 Å². The molecule has 2 heteroatoms. The fourth-order valence-electron chi connectivity index (χ4n) is 2.53. The fourth-order valence-corrected chi connectivity index (χ4v) is 2.53. The maximum absolute atomic E-state index is 5.66. The summed E-state index contributed by atoms with van der Waals surface area (Å²) in [6, 6.07) is 0.900. The van der Waals surface area contributed by atoms with Gasteiger partial charge in [0.2, 0.25) is 0 Å². The van der Waals surface area contributed by atoms with Gasteiger partial charge < -0.3 is 10.6 Å². The van der Waals surface area contributed by atoms with Gasteiger partial charge in [0.05, 0.1) is 0 Å². The van der Waals surface area contributed by atoms with E-state index in [1.54, 1.807) is 0 Å². The topological polar surface area (TPSA) is 29.3 Å². The number of hydrogen-bond donors (Lipinski definition) is 1. The van der Waals surface area contributed by atoms with Crippen molar-refractivity contribution in [2.45, 2.75) is 31.7 Å². The molecular formula is C9H18N2. The van der Waals surface area contributed by atoms with Gasteiger partial charge in [0.25, 0.3) is 0 Å². The zero-order valence-electron chi connectivity index (χ0n) is 7.13. The van der Waals surface area contributed by atoms with Crippen LogP contribution in [0.25, 0.3) is 0 Å². The molecule has 0 amide bonds. The lowest BCUT2D eigenvalue weighted by atomic mass is 10.00. The van der Waals surface area contributed by atoms with Gasteiger partial charge in [-0.1, -0.05) is 6.42 Å². The van der Waals surface area contributed by atoms with Gasteiger partial charge in [-0.2, -0.15) is 0 Å². The van der Waals surface area contributed by atoms with Crippen LogP contribution < -0.4 is 5.73 Å². The average Bonchev–Trinajstić information content (AvgIpc) is 2.46. The molecule has 0 aromatic rings. The van der Waals surface area contributed by atoms with Crippen LogP contribution in [0.4, 0.5) is 0 Å². The minimum Gasteiger partial charge on any atom is -0.330 e. The first-order valence-corrected chi connectivity index (χ1v) is 4.84. The predicted molar refractivity (Wildman–Crippen MR) is 46.4 cm³/mol. The molecule has 2 N–H and O–H groups in total. The highest BCUT2D eigenvalue weighted by molar-refractivity contribution is 4.87. The van der Waals surface area contributed by atoms with E-state index in [4.69, 9.17) is 5.73 Å². The van der Waals surface area contributed by atoms with Crippen LogP contribution in [0, 0.1) is 5.92 Å². The molecule has 0 aromatic carbocycles. The van der Waals surface area contributed by atoms with Crippen LogP contribution in [-0.4, -0.2) is 30.6 Å². The van der Waals surface area contributed by atoms with E-state index >= 15 is 0 Å². The van der Waals surface area contributed by atoms with Crippen molar-refractivity contribution in [2.75, 3.05) is 19.6 Å². The first-order chi connectivity index (χ1) is 5.40. The molecule has 64 valence electrons. The predicted octanol–water partition coefficient (Wildman–Crippen LogP) is 0.820. The van der Waals surface area contributed by atoms with Gasteiger partial charge in [-0.25, -0.2) is 0 Å². The van der Waals surface area contributed by atoms with Gasteiger partial charge in [0.15, 0.2) is 0 Å². The first kappa shape index (κ1) is 7.56. The maximum Gasteiger partial charge on any atom is 0.00989 e. The molecule has 2 heterocycles. The number of piperidine rings is 1. The number of rotatable bonds is 1. The Morgan fingerprint density at radius 2 is 2.27 bits per heavy atom. The molecule has 2 rings (SSSR count). The zero-order valence-corrected chi connectivity index (χ0v) is 7.13. The Kier molecular flexibility index (Phi) is 2.14. The molecule has 0 radical (unpaired) electrons. The number of nitrogens with zero attached hydrogens (tertiary/aromatic N) is 1. The molecule has 0 aromatic heterocycles. The largest absolute Gasteiger partial charge is 0.330 e. The standard InChI is InChI=1S/C9H18N2/c10-6-8-5-9-3-1-2-4-11(9)7-8/h8-9H,1-7,10H2/t8-,9+/m0/s1. The number of hydrogen-bond acceptors (Lipinski definition) is 2. The summed E-state index contributed by atoms with van der Waals surface area (Å²) >= 11 is 0. The van der Waals surface area contributed by atoms with Crippen LogP contribution in [0.5, 0.6) is 0 Å². The lowest BCUT2D eigenvalue weighted by molar-refractivity contribution is 0.196. The lowest BCUT2D eigenvalue weighted by Crippen LogP contribution is -2.34.